The van der Waals surface area contributed by atoms with Gasteiger partial charge in [0.1, 0.15) is 23.9 Å². The Balaban J connectivity index is 0.00000320. The van der Waals surface area contributed by atoms with E-state index >= 15 is 0 Å². The van der Waals surface area contributed by atoms with Crippen LogP contribution in [0.15, 0.2) is 48.5 Å². The van der Waals surface area contributed by atoms with Crippen molar-refractivity contribution in [1.29, 1.82) is 5.41 Å². The Labute approximate surface area is 168 Å². The number of allylic oxidation sites excluding steroid dienone is 1. The summed E-state index contributed by atoms with van der Waals surface area (Å²) in [5.74, 6) is 0.0302. The van der Waals surface area contributed by atoms with Crippen LogP contribution < -0.4 is 14.8 Å². The summed E-state index contributed by atoms with van der Waals surface area (Å²) in [4.78, 5) is 12.7. The Morgan fingerprint density at radius 2 is 2.14 bits per heavy atom. The van der Waals surface area contributed by atoms with Gasteiger partial charge in [0.2, 0.25) is 5.91 Å². The van der Waals surface area contributed by atoms with Gasteiger partial charge in [-0.05, 0) is 49.2 Å². The number of carbonyl (C=O) groups excluding carboxylic acids is 1. The molecule has 29 heavy (non-hydrogen) atoms. The molecule has 0 aliphatic carbocycles. The number of ether oxygens (including phenoxy) is 3. The average molecular weight is 404 g/mol. The first-order chi connectivity index (χ1) is 14.0. The van der Waals surface area contributed by atoms with E-state index in [0.717, 1.165) is 17.7 Å². The lowest BCUT2D eigenvalue weighted by atomic mass is 9.96. The van der Waals surface area contributed by atoms with Crippen LogP contribution in [0.4, 0.5) is 14.5 Å². The number of halogens is 2. The fourth-order valence-corrected chi connectivity index (χ4v) is 3.07. The van der Waals surface area contributed by atoms with Gasteiger partial charge in [0, 0.05) is 6.99 Å². The summed E-state index contributed by atoms with van der Waals surface area (Å²) >= 11 is 0. The van der Waals surface area contributed by atoms with Crippen molar-refractivity contribution in [2.24, 2.45) is 5.92 Å². The predicted molar refractivity (Wildman–Crippen MR) is 106 cm³/mol. The van der Waals surface area contributed by atoms with Crippen LogP contribution in [-0.2, 0) is 16.0 Å². The highest BCUT2D eigenvalue weighted by Gasteiger charge is 2.27. The molecule has 154 valence electrons. The number of nitrogens with one attached hydrogen (secondary N) is 2. The quantitative estimate of drug-likeness (QED) is 0.398. The summed E-state index contributed by atoms with van der Waals surface area (Å²) in [6, 6.07) is 11.8. The van der Waals surface area contributed by atoms with Crippen molar-refractivity contribution < 1.29 is 29.2 Å². The molecule has 1 atom stereocenters. The third kappa shape index (κ3) is 4.90. The van der Waals surface area contributed by atoms with Gasteiger partial charge in [0.25, 0.3) is 0 Å². The lowest BCUT2D eigenvalue weighted by molar-refractivity contribution is -0.121. The predicted octanol–water partition coefficient (Wildman–Crippen LogP) is 4.71. The molecule has 0 fully saturated rings. The molecule has 1 aliphatic heterocycles. The van der Waals surface area contributed by atoms with Crippen LogP contribution in [0.25, 0.3) is 5.76 Å². The number of carbonyl (C=O) groups is 1. The van der Waals surface area contributed by atoms with E-state index in [0.29, 0.717) is 17.7 Å². The lowest BCUT2D eigenvalue weighted by Crippen LogP contribution is -2.32. The topological polar surface area (TPSA) is 80.6 Å². The maximum atomic E-state index is 12.9. The molecule has 1 unspecified atom stereocenters. The van der Waals surface area contributed by atoms with E-state index < -0.39 is 12.5 Å². The fourth-order valence-electron chi connectivity index (χ4n) is 3.07. The molecule has 0 radical (unpaired) electrons. The van der Waals surface area contributed by atoms with Crippen LogP contribution in [0.5, 0.6) is 11.5 Å². The molecule has 0 saturated carbocycles. The number of benzene rings is 2. The van der Waals surface area contributed by atoms with Crippen molar-refractivity contribution in [2.45, 2.75) is 20.0 Å². The van der Waals surface area contributed by atoms with Gasteiger partial charge in [-0.3, -0.25) is 10.2 Å². The Morgan fingerprint density at radius 3 is 2.86 bits per heavy atom. The zero-order valence-corrected chi connectivity index (χ0v) is 15.7. The molecule has 0 bridgehead atoms. The summed E-state index contributed by atoms with van der Waals surface area (Å²) < 4.78 is 41.0. The third-order valence-electron chi connectivity index (χ3n) is 4.44. The summed E-state index contributed by atoms with van der Waals surface area (Å²) in [6.07, 6.45) is 2.81. The molecule has 2 N–H and O–H groups in total. The van der Waals surface area contributed by atoms with Crippen LogP contribution in [0.3, 0.4) is 0 Å². The van der Waals surface area contributed by atoms with Crippen LogP contribution in [-0.4, -0.2) is 25.5 Å². The van der Waals surface area contributed by atoms with Crippen molar-refractivity contribution in [1.82, 2.24) is 0 Å². The summed E-state index contributed by atoms with van der Waals surface area (Å²) in [7, 11) is 0. The van der Waals surface area contributed by atoms with E-state index in [9.17, 15) is 13.6 Å². The van der Waals surface area contributed by atoms with Gasteiger partial charge in [-0.15, -0.1) is 0 Å². The Bertz CT molecular complexity index is 937. The molecule has 1 amide bonds. The molecular formula is C21H22F2N2O4. The van der Waals surface area contributed by atoms with Crippen molar-refractivity contribution in [3.8, 4) is 11.5 Å². The number of anilines is 1. The molecule has 2 aromatic carbocycles. The van der Waals surface area contributed by atoms with Gasteiger partial charge in [-0.25, -0.2) is 0 Å². The van der Waals surface area contributed by atoms with Crippen LogP contribution in [0.1, 0.15) is 19.5 Å². The minimum absolute atomic E-state index is 0. The van der Waals surface area contributed by atoms with Crippen molar-refractivity contribution in [2.75, 3.05) is 11.9 Å². The van der Waals surface area contributed by atoms with E-state index in [1.807, 2.05) is 24.3 Å². The molecule has 0 aromatic heterocycles. The number of fused-ring (bicyclic) bond motifs is 1. The Kier molecular flexibility index (Phi) is 6.43. The first-order valence-corrected chi connectivity index (χ1v) is 8.94. The maximum absolute atomic E-state index is 12.9. The second-order valence-electron chi connectivity index (χ2n) is 6.29. The highest BCUT2D eigenvalue weighted by atomic mass is 19.3. The monoisotopic (exact) mass is 404 g/mol. The van der Waals surface area contributed by atoms with Crippen molar-refractivity contribution in [3.63, 3.8) is 0 Å². The molecule has 2 aromatic rings. The van der Waals surface area contributed by atoms with Crippen molar-refractivity contribution >= 4 is 23.8 Å². The molecule has 3 rings (SSSR count). The van der Waals surface area contributed by atoms with E-state index in [1.54, 1.807) is 19.1 Å². The first kappa shape index (κ1) is 20.3. The van der Waals surface area contributed by atoms with Crippen molar-refractivity contribution in [3.05, 3.63) is 59.7 Å². The second kappa shape index (κ2) is 9.18. The number of hydrogen-bond acceptors (Lipinski definition) is 5. The van der Waals surface area contributed by atoms with E-state index in [1.165, 1.54) is 12.1 Å². The minimum Gasteiger partial charge on any atom is -0.492 e. The van der Waals surface area contributed by atoms with Gasteiger partial charge in [-0.2, -0.15) is 8.78 Å². The first-order valence-electron chi connectivity index (χ1n) is 8.94. The molecule has 0 spiro atoms. The van der Waals surface area contributed by atoms with E-state index in [2.05, 4.69) is 10.1 Å². The molecular weight excluding hydrogens is 382 g/mol. The second-order valence-corrected chi connectivity index (χ2v) is 6.29. The molecule has 8 heteroatoms. The van der Waals surface area contributed by atoms with Crippen LogP contribution >= 0.6 is 0 Å². The SMILES string of the molecule is C/C=C(\OC=N)c1ccc(NC(=O)C2COc3ccccc3C2)c(OC(F)F)c1.[HH]. The average Bonchev–Trinajstić information content (AvgIpc) is 2.72. The van der Waals surface area contributed by atoms with Gasteiger partial charge in [0.15, 0.2) is 6.40 Å². The number of para-hydroxylation sites is 1. The van der Waals surface area contributed by atoms with Crippen LogP contribution in [0, 0.1) is 11.3 Å². The molecule has 1 heterocycles. The zero-order chi connectivity index (χ0) is 20.8. The summed E-state index contributed by atoms with van der Waals surface area (Å²) in [5.41, 5.74) is 1.46. The van der Waals surface area contributed by atoms with E-state index in [4.69, 9.17) is 14.9 Å². The summed E-state index contributed by atoms with van der Waals surface area (Å²) in [6.45, 7) is -1.19. The highest BCUT2D eigenvalue weighted by molar-refractivity contribution is 5.94. The number of rotatable bonds is 7. The molecule has 6 nitrogen and oxygen atoms in total. The number of hydrogen-bond donors (Lipinski definition) is 2. The third-order valence-corrected chi connectivity index (χ3v) is 4.44. The van der Waals surface area contributed by atoms with Gasteiger partial charge >= 0.3 is 6.61 Å². The standard InChI is InChI=1S/C21H20F2N2O4.H2/c1-2-17(28-12-24)14-7-8-16(19(10-14)29-21(22)23)25-20(26)15-9-13-5-3-4-6-18(13)27-11-15;/h2-8,10,12,15,21,24H,9,11H2,1H3,(H,25,26);1H/b17-2-,24-12?;. The van der Waals surface area contributed by atoms with Gasteiger partial charge in [-0.1, -0.05) is 18.2 Å². The Hall–Kier alpha value is -3.42. The van der Waals surface area contributed by atoms with Gasteiger partial charge < -0.3 is 19.5 Å². The maximum Gasteiger partial charge on any atom is 0.387 e. The van der Waals surface area contributed by atoms with E-state index in [-0.39, 0.29) is 25.4 Å². The number of amides is 1. The normalized spacial score (nSPS) is 15.9. The summed E-state index contributed by atoms with van der Waals surface area (Å²) in [5, 5.41) is 9.69. The zero-order valence-electron chi connectivity index (χ0n) is 15.7. The lowest BCUT2D eigenvalue weighted by Gasteiger charge is -2.25. The van der Waals surface area contributed by atoms with Gasteiger partial charge in [0.05, 0.1) is 11.6 Å². The number of alkyl halides is 2. The minimum atomic E-state index is -3.07. The largest absolute Gasteiger partial charge is 0.492 e. The Morgan fingerprint density at radius 1 is 1.34 bits per heavy atom. The van der Waals surface area contributed by atoms with Crippen LogP contribution in [0.2, 0.25) is 0 Å². The highest BCUT2D eigenvalue weighted by Crippen LogP contribution is 2.32. The molecule has 0 saturated heterocycles. The smallest absolute Gasteiger partial charge is 0.387 e. The fraction of sp³-hybridized carbons (Fsp3) is 0.238. The molecule has 1 aliphatic rings.